The Morgan fingerprint density at radius 1 is 1.41 bits per heavy atom. The third-order valence-electron chi connectivity index (χ3n) is 3.15. The van der Waals surface area contributed by atoms with Gasteiger partial charge in [0.15, 0.2) is 5.76 Å². The third-order valence-corrected chi connectivity index (χ3v) is 3.50. The fraction of sp³-hybridized carbons (Fsp3) is 0.333. The highest BCUT2D eigenvalue weighted by Gasteiger charge is 2.15. The number of carbonyl (C=O) groups excluding carboxylic acids is 1. The summed E-state index contributed by atoms with van der Waals surface area (Å²) in [6, 6.07) is 4.89. The monoisotopic (exact) mass is 323 g/mol. The standard InChI is InChI=1S/C15H18ClN3O3/c1-4-13-14(9(2)19-22-13)18-15(20)17-12-7-5-6-11(16)10(12)8-21-3/h5-7H,4,8H2,1-3H3,(H2,17,18,20). The Morgan fingerprint density at radius 2 is 2.18 bits per heavy atom. The molecule has 2 N–H and O–H groups in total. The van der Waals surface area contributed by atoms with Crippen LogP contribution in [0.4, 0.5) is 16.2 Å². The van der Waals surface area contributed by atoms with Gasteiger partial charge in [-0.05, 0) is 19.1 Å². The number of anilines is 2. The van der Waals surface area contributed by atoms with Gasteiger partial charge in [0.05, 0.1) is 6.61 Å². The number of carbonyl (C=O) groups is 1. The molecule has 6 nitrogen and oxygen atoms in total. The van der Waals surface area contributed by atoms with Gasteiger partial charge in [0.1, 0.15) is 11.4 Å². The van der Waals surface area contributed by atoms with Crippen molar-refractivity contribution in [3.63, 3.8) is 0 Å². The van der Waals surface area contributed by atoms with Crippen LogP contribution in [0.15, 0.2) is 22.7 Å². The largest absolute Gasteiger partial charge is 0.380 e. The Balaban J connectivity index is 2.16. The summed E-state index contributed by atoms with van der Waals surface area (Å²) in [5, 5.41) is 9.91. The maximum absolute atomic E-state index is 12.2. The third kappa shape index (κ3) is 3.58. The molecule has 1 aromatic heterocycles. The second-order valence-corrected chi connectivity index (χ2v) is 5.11. The highest BCUT2D eigenvalue weighted by Crippen LogP contribution is 2.26. The number of benzene rings is 1. The van der Waals surface area contributed by atoms with E-state index in [2.05, 4.69) is 15.8 Å². The van der Waals surface area contributed by atoms with Crippen LogP contribution in [0.2, 0.25) is 5.02 Å². The number of amides is 2. The lowest BCUT2D eigenvalue weighted by molar-refractivity contribution is 0.185. The van der Waals surface area contributed by atoms with Crippen molar-refractivity contribution in [3.05, 3.63) is 40.2 Å². The molecule has 0 saturated carbocycles. The fourth-order valence-electron chi connectivity index (χ4n) is 2.05. The first kappa shape index (κ1) is 16.3. The molecule has 7 heteroatoms. The van der Waals surface area contributed by atoms with Gasteiger partial charge in [0, 0.05) is 29.8 Å². The van der Waals surface area contributed by atoms with Gasteiger partial charge in [-0.2, -0.15) is 0 Å². The second-order valence-electron chi connectivity index (χ2n) is 4.70. The van der Waals surface area contributed by atoms with E-state index in [9.17, 15) is 4.79 Å². The normalized spacial score (nSPS) is 10.5. The highest BCUT2D eigenvalue weighted by molar-refractivity contribution is 6.31. The lowest BCUT2D eigenvalue weighted by Gasteiger charge is -2.13. The zero-order valence-electron chi connectivity index (χ0n) is 12.7. The molecular weight excluding hydrogens is 306 g/mol. The van der Waals surface area contributed by atoms with Gasteiger partial charge in [-0.25, -0.2) is 4.79 Å². The minimum atomic E-state index is -0.388. The highest BCUT2D eigenvalue weighted by atomic mass is 35.5. The Morgan fingerprint density at radius 3 is 2.86 bits per heavy atom. The molecule has 0 atom stereocenters. The molecule has 1 aromatic carbocycles. The number of methoxy groups -OCH3 is 1. The first-order valence-corrected chi connectivity index (χ1v) is 7.24. The van der Waals surface area contributed by atoms with Crippen molar-refractivity contribution in [1.82, 2.24) is 5.16 Å². The maximum Gasteiger partial charge on any atom is 0.323 e. The van der Waals surface area contributed by atoms with E-state index in [1.807, 2.05) is 6.92 Å². The number of rotatable bonds is 5. The molecule has 0 spiro atoms. The smallest absolute Gasteiger partial charge is 0.323 e. The summed E-state index contributed by atoms with van der Waals surface area (Å²) in [5.41, 5.74) is 2.55. The number of hydrogen-bond donors (Lipinski definition) is 2. The number of aromatic nitrogens is 1. The van der Waals surface area contributed by atoms with Crippen LogP contribution in [-0.2, 0) is 17.8 Å². The molecule has 0 fully saturated rings. The second kappa shape index (κ2) is 7.29. The first-order valence-electron chi connectivity index (χ1n) is 6.86. The predicted octanol–water partition coefficient (Wildman–Crippen LogP) is 3.99. The molecule has 0 saturated heterocycles. The zero-order valence-corrected chi connectivity index (χ0v) is 13.5. The number of hydrogen-bond acceptors (Lipinski definition) is 4. The molecule has 2 amide bonds. The summed E-state index contributed by atoms with van der Waals surface area (Å²) in [6.45, 7) is 4.01. The summed E-state index contributed by atoms with van der Waals surface area (Å²) < 4.78 is 10.3. The SMILES string of the molecule is CCc1onc(C)c1NC(=O)Nc1cccc(Cl)c1COC. The number of nitrogens with zero attached hydrogens (tertiary/aromatic N) is 1. The van der Waals surface area contributed by atoms with Crippen LogP contribution in [0.5, 0.6) is 0 Å². The Labute approximate surface area is 133 Å². The average molecular weight is 324 g/mol. The molecule has 2 aromatic rings. The minimum Gasteiger partial charge on any atom is -0.380 e. The van der Waals surface area contributed by atoms with E-state index >= 15 is 0 Å². The van der Waals surface area contributed by atoms with E-state index in [0.717, 1.165) is 5.56 Å². The lowest BCUT2D eigenvalue weighted by atomic mass is 10.2. The summed E-state index contributed by atoms with van der Waals surface area (Å²) in [6.07, 6.45) is 0.641. The summed E-state index contributed by atoms with van der Waals surface area (Å²) >= 11 is 6.13. The molecular formula is C15H18ClN3O3. The van der Waals surface area contributed by atoms with E-state index in [1.54, 1.807) is 32.2 Å². The lowest BCUT2D eigenvalue weighted by Crippen LogP contribution is -2.21. The van der Waals surface area contributed by atoms with Crippen LogP contribution in [0.3, 0.4) is 0 Å². The van der Waals surface area contributed by atoms with Crippen LogP contribution in [-0.4, -0.2) is 18.3 Å². The average Bonchev–Trinajstić information content (AvgIpc) is 2.83. The number of ether oxygens (including phenoxy) is 1. The molecule has 118 valence electrons. The molecule has 0 radical (unpaired) electrons. The quantitative estimate of drug-likeness (QED) is 0.872. The topological polar surface area (TPSA) is 76.4 Å². The summed E-state index contributed by atoms with van der Waals surface area (Å²) in [4.78, 5) is 12.2. The Hall–Kier alpha value is -2.05. The number of aryl methyl sites for hydroxylation is 2. The van der Waals surface area contributed by atoms with Crippen LogP contribution >= 0.6 is 11.6 Å². The molecule has 2 rings (SSSR count). The van der Waals surface area contributed by atoms with Gasteiger partial charge in [-0.15, -0.1) is 0 Å². The van der Waals surface area contributed by atoms with Gasteiger partial charge in [-0.1, -0.05) is 29.7 Å². The number of nitrogens with one attached hydrogen (secondary N) is 2. The van der Waals surface area contributed by atoms with Gasteiger partial charge < -0.3 is 19.9 Å². The zero-order chi connectivity index (χ0) is 16.1. The van der Waals surface area contributed by atoms with Crippen LogP contribution in [0.1, 0.15) is 23.9 Å². The molecule has 22 heavy (non-hydrogen) atoms. The van der Waals surface area contributed by atoms with Gasteiger partial charge >= 0.3 is 6.03 Å². The molecule has 1 heterocycles. The van der Waals surface area contributed by atoms with Crippen LogP contribution in [0.25, 0.3) is 0 Å². The molecule has 0 aliphatic carbocycles. The van der Waals surface area contributed by atoms with Crippen molar-refractivity contribution in [2.45, 2.75) is 26.9 Å². The van der Waals surface area contributed by atoms with Crippen molar-refractivity contribution in [2.24, 2.45) is 0 Å². The molecule has 0 unspecified atom stereocenters. The summed E-state index contributed by atoms with van der Waals surface area (Å²) in [7, 11) is 1.57. The fourth-order valence-corrected chi connectivity index (χ4v) is 2.28. The van der Waals surface area contributed by atoms with Crippen LogP contribution < -0.4 is 10.6 Å². The van der Waals surface area contributed by atoms with E-state index < -0.39 is 0 Å². The van der Waals surface area contributed by atoms with Gasteiger partial charge in [0.2, 0.25) is 0 Å². The molecule has 0 aliphatic rings. The van der Waals surface area contributed by atoms with Crippen molar-refractivity contribution in [1.29, 1.82) is 0 Å². The van der Waals surface area contributed by atoms with Crippen LogP contribution in [0, 0.1) is 6.92 Å². The number of halogens is 1. The summed E-state index contributed by atoms with van der Waals surface area (Å²) in [5.74, 6) is 0.635. The van der Waals surface area contributed by atoms with Crippen molar-refractivity contribution < 1.29 is 14.1 Å². The maximum atomic E-state index is 12.2. The van der Waals surface area contributed by atoms with Gasteiger partial charge in [-0.3, -0.25) is 0 Å². The Kier molecular flexibility index (Phi) is 5.41. The molecule has 0 aliphatic heterocycles. The van der Waals surface area contributed by atoms with Crippen molar-refractivity contribution in [3.8, 4) is 0 Å². The van der Waals surface area contributed by atoms with E-state index in [-0.39, 0.29) is 6.03 Å². The van der Waals surface area contributed by atoms with Crippen molar-refractivity contribution in [2.75, 3.05) is 17.7 Å². The Bertz CT molecular complexity index is 670. The van der Waals surface area contributed by atoms with E-state index in [4.69, 9.17) is 20.9 Å². The number of urea groups is 1. The first-order chi connectivity index (χ1) is 10.6. The van der Waals surface area contributed by atoms with E-state index in [1.165, 1.54) is 0 Å². The van der Waals surface area contributed by atoms with E-state index in [0.29, 0.717) is 40.9 Å². The van der Waals surface area contributed by atoms with Crippen molar-refractivity contribution >= 4 is 29.0 Å². The molecule has 0 bridgehead atoms. The minimum absolute atomic E-state index is 0.307. The predicted molar refractivity (Wildman–Crippen MR) is 85.4 cm³/mol. The van der Waals surface area contributed by atoms with Gasteiger partial charge in [0.25, 0.3) is 0 Å².